The van der Waals surface area contributed by atoms with E-state index in [-0.39, 0.29) is 0 Å². The van der Waals surface area contributed by atoms with Gasteiger partial charge in [-0.2, -0.15) is 14.0 Å². The number of nitrogens with zero attached hydrogens (tertiary/aromatic N) is 3. The molecule has 2 aromatic rings. The Hall–Kier alpha value is -1.67. The first-order valence-corrected chi connectivity index (χ1v) is 3.97. The van der Waals surface area contributed by atoms with Gasteiger partial charge in [-0.05, 0) is 12.1 Å². The second-order valence-electron chi connectivity index (χ2n) is 2.28. The van der Waals surface area contributed by atoms with Gasteiger partial charge in [0.25, 0.3) is 0 Å². The molecule has 0 bridgehead atoms. The summed E-state index contributed by atoms with van der Waals surface area (Å²) < 4.78 is 7.96. The molecule has 1 heterocycles. The number of fused-ring (bicyclic) bond motifs is 1. The minimum absolute atomic E-state index is 0.521. The van der Waals surface area contributed by atoms with Crippen LogP contribution in [-0.2, 0) is 0 Å². The van der Waals surface area contributed by atoms with Crippen LogP contribution in [0.5, 0.6) is 0 Å². The average Bonchev–Trinajstić information content (AvgIpc) is 2.54. The molecule has 2 rings (SSSR count). The van der Waals surface area contributed by atoms with Crippen molar-refractivity contribution in [3.8, 4) is 6.07 Å². The molecule has 4 nitrogen and oxygen atoms in total. The predicted molar refractivity (Wildman–Crippen MR) is 46.5 cm³/mol. The summed E-state index contributed by atoms with van der Waals surface area (Å²) >= 11 is 1.07. The lowest BCUT2D eigenvalue weighted by molar-refractivity contribution is 1.49. The smallest absolute Gasteiger partial charge is 0.129 e. The van der Waals surface area contributed by atoms with Crippen LogP contribution in [0.4, 0.5) is 5.69 Å². The van der Waals surface area contributed by atoms with Gasteiger partial charge in [-0.1, -0.05) is 0 Å². The van der Waals surface area contributed by atoms with Crippen LogP contribution < -0.4 is 5.73 Å². The van der Waals surface area contributed by atoms with Crippen molar-refractivity contribution in [3.05, 3.63) is 17.7 Å². The molecule has 0 aliphatic rings. The Morgan fingerprint density at radius 1 is 1.33 bits per heavy atom. The first-order valence-electron chi connectivity index (χ1n) is 3.24. The Kier molecular flexibility index (Phi) is 1.42. The van der Waals surface area contributed by atoms with E-state index in [0.29, 0.717) is 22.3 Å². The summed E-state index contributed by atoms with van der Waals surface area (Å²) in [5.74, 6) is 0. The number of hydrogen-bond acceptors (Lipinski definition) is 5. The number of nitrogen functional groups attached to an aromatic ring is 1. The van der Waals surface area contributed by atoms with Gasteiger partial charge in [0, 0.05) is 0 Å². The summed E-state index contributed by atoms with van der Waals surface area (Å²) in [6.45, 7) is 0. The quantitative estimate of drug-likeness (QED) is 0.611. The van der Waals surface area contributed by atoms with Crippen LogP contribution in [0.15, 0.2) is 12.1 Å². The average molecular weight is 176 g/mol. The molecule has 2 N–H and O–H groups in total. The monoisotopic (exact) mass is 176 g/mol. The van der Waals surface area contributed by atoms with Crippen molar-refractivity contribution in [1.29, 1.82) is 5.26 Å². The first-order chi connectivity index (χ1) is 5.83. The van der Waals surface area contributed by atoms with Gasteiger partial charge < -0.3 is 5.73 Å². The zero-order valence-electron chi connectivity index (χ0n) is 5.98. The maximum absolute atomic E-state index is 8.69. The third-order valence-electron chi connectivity index (χ3n) is 1.57. The molecule has 1 aromatic heterocycles. The maximum atomic E-state index is 8.69. The van der Waals surface area contributed by atoms with Gasteiger partial charge >= 0.3 is 0 Å². The normalized spacial score (nSPS) is 9.92. The number of anilines is 1. The molecule has 0 spiro atoms. The molecule has 58 valence electrons. The van der Waals surface area contributed by atoms with Crippen molar-refractivity contribution in [2.75, 3.05) is 5.73 Å². The number of nitriles is 1. The Bertz CT molecular complexity index is 468. The van der Waals surface area contributed by atoms with Crippen molar-refractivity contribution in [2.24, 2.45) is 0 Å². The summed E-state index contributed by atoms with van der Waals surface area (Å²) in [4.78, 5) is 0. The van der Waals surface area contributed by atoms with Crippen LogP contribution in [0, 0.1) is 11.3 Å². The third kappa shape index (κ3) is 0.822. The second kappa shape index (κ2) is 2.43. The lowest BCUT2D eigenvalue weighted by Gasteiger charge is -1.93. The zero-order chi connectivity index (χ0) is 8.55. The first kappa shape index (κ1) is 7.00. The third-order valence-corrected chi connectivity index (χ3v) is 2.10. The highest BCUT2D eigenvalue weighted by Gasteiger charge is 2.06. The second-order valence-corrected chi connectivity index (χ2v) is 2.80. The summed E-state index contributed by atoms with van der Waals surface area (Å²) in [6.07, 6.45) is 0. The molecule has 0 unspecified atom stereocenters. The maximum Gasteiger partial charge on any atom is 0.129 e. The fourth-order valence-corrected chi connectivity index (χ4v) is 1.56. The molecular formula is C7H4N4S. The predicted octanol–water partition coefficient (Wildman–Crippen LogP) is 1.15. The van der Waals surface area contributed by atoms with E-state index in [1.165, 1.54) is 0 Å². The van der Waals surface area contributed by atoms with Crippen molar-refractivity contribution >= 4 is 28.4 Å². The molecule has 1 aromatic carbocycles. The van der Waals surface area contributed by atoms with Crippen LogP contribution >= 0.6 is 11.7 Å². The molecule has 0 aliphatic carbocycles. The van der Waals surface area contributed by atoms with E-state index >= 15 is 0 Å². The van der Waals surface area contributed by atoms with Gasteiger partial charge in [-0.3, -0.25) is 0 Å². The topological polar surface area (TPSA) is 75.6 Å². The van der Waals surface area contributed by atoms with E-state index in [9.17, 15) is 0 Å². The van der Waals surface area contributed by atoms with E-state index in [1.807, 2.05) is 6.07 Å². The van der Waals surface area contributed by atoms with Gasteiger partial charge in [0.15, 0.2) is 0 Å². The highest BCUT2D eigenvalue weighted by atomic mass is 32.1. The summed E-state index contributed by atoms with van der Waals surface area (Å²) in [5, 5.41) is 8.69. The Labute approximate surface area is 72.6 Å². The number of rotatable bonds is 0. The number of nitrogens with two attached hydrogens (primary N) is 1. The summed E-state index contributed by atoms with van der Waals surface area (Å²) in [6, 6.07) is 5.35. The van der Waals surface area contributed by atoms with Crippen LogP contribution in [0.3, 0.4) is 0 Å². The van der Waals surface area contributed by atoms with Gasteiger partial charge in [-0.15, -0.1) is 0 Å². The molecular weight excluding hydrogens is 172 g/mol. The highest BCUT2D eigenvalue weighted by Crippen LogP contribution is 2.21. The van der Waals surface area contributed by atoms with Crippen molar-refractivity contribution in [2.45, 2.75) is 0 Å². The van der Waals surface area contributed by atoms with Crippen LogP contribution in [-0.4, -0.2) is 8.75 Å². The van der Waals surface area contributed by atoms with Gasteiger partial charge in [0.05, 0.1) is 23.0 Å². The van der Waals surface area contributed by atoms with Crippen LogP contribution in [0.25, 0.3) is 11.0 Å². The molecule has 12 heavy (non-hydrogen) atoms. The van der Waals surface area contributed by atoms with E-state index in [1.54, 1.807) is 12.1 Å². The minimum atomic E-state index is 0.521. The van der Waals surface area contributed by atoms with Crippen molar-refractivity contribution in [1.82, 2.24) is 8.75 Å². The van der Waals surface area contributed by atoms with Gasteiger partial charge in [-0.25, -0.2) is 0 Å². The lowest BCUT2D eigenvalue weighted by Crippen LogP contribution is -1.87. The van der Waals surface area contributed by atoms with Crippen LogP contribution in [0.1, 0.15) is 5.56 Å². The van der Waals surface area contributed by atoms with E-state index in [2.05, 4.69) is 8.75 Å². The molecule has 5 heteroatoms. The molecule has 0 radical (unpaired) electrons. The van der Waals surface area contributed by atoms with Crippen molar-refractivity contribution < 1.29 is 0 Å². The molecule has 0 saturated heterocycles. The highest BCUT2D eigenvalue weighted by molar-refractivity contribution is 7.00. The van der Waals surface area contributed by atoms with Crippen LogP contribution in [0.2, 0.25) is 0 Å². The summed E-state index contributed by atoms with van der Waals surface area (Å²) in [7, 11) is 0. The Morgan fingerprint density at radius 3 is 2.83 bits per heavy atom. The van der Waals surface area contributed by atoms with E-state index < -0.39 is 0 Å². The number of hydrogen-bond donors (Lipinski definition) is 1. The van der Waals surface area contributed by atoms with E-state index in [4.69, 9.17) is 11.0 Å². The molecule has 0 aliphatic heterocycles. The largest absolute Gasteiger partial charge is 0.397 e. The van der Waals surface area contributed by atoms with Crippen molar-refractivity contribution in [3.63, 3.8) is 0 Å². The lowest BCUT2D eigenvalue weighted by atomic mass is 10.2. The molecule has 0 amide bonds. The fourth-order valence-electron chi connectivity index (χ4n) is 0.976. The zero-order valence-corrected chi connectivity index (χ0v) is 6.80. The fraction of sp³-hybridized carbons (Fsp3) is 0. The summed E-state index contributed by atoms with van der Waals surface area (Å²) in [5.41, 5.74) is 7.93. The minimum Gasteiger partial charge on any atom is -0.397 e. The standard InChI is InChI=1S/C7H4N4S/c8-3-4-1-2-5(9)7-6(4)10-12-11-7/h1-2H,9H2. The van der Waals surface area contributed by atoms with Gasteiger partial charge in [0.2, 0.25) is 0 Å². The van der Waals surface area contributed by atoms with Gasteiger partial charge in [0.1, 0.15) is 17.1 Å². The molecule has 0 atom stereocenters. The molecule has 0 saturated carbocycles. The van der Waals surface area contributed by atoms with E-state index in [0.717, 1.165) is 11.7 Å². The Balaban J connectivity index is 2.94. The SMILES string of the molecule is N#Cc1ccc(N)c2nsnc12. The number of benzene rings is 1. The molecule has 0 fully saturated rings. The number of aromatic nitrogens is 2. The Morgan fingerprint density at radius 2 is 2.08 bits per heavy atom.